The molecule has 2 amide bonds. The van der Waals surface area contributed by atoms with Crippen LogP contribution in [0.5, 0.6) is 0 Å². The molecule has 0 radical (unpaired) electrons. The van der Waals surface area contributed by atoms with Gasteiger partial charge >= 0.3 is 6.03 Å². The van der Waals surface area contributed by atoms with Crippen molar-refractivity contribution in [2.75, 3.05) is 5.32 Å². The van der Waals surface area contributed by atoms with E-state index in [-0.39, 0.29) is 18.1 Å². The Labute approximate surface area is 177 Å². The lowest BCUT2D eigenvalue weighted by Gasteiger charge is -2.06. The summed E-state index contributed by atoms with van der Waals surface area (Å²) < 4.78 is 25.2. The van der Waals surface area contributed by atoms with Crippen LogP contribution in [-0.2, 0) is 23.1 Å². The van der Waals surface area contributed by atoms with Gasteiger partial charge in [0.15, 0.2) is 5.13 Å². The summed E-state index contributed by atoms with van der Waals surface area (Å²) in [7, 11) is -1.35. The molecule has 5 nitrogen and oxygen atoms in total. The van der Waals surface area contributed by atoms with Crippen molar-refractivity contribution in [2.24, 2.45) is 0 Å². The summed E-state index contributed by atoms with van der Waals surface area (Å²) in [6.45, 7) is 0.273. The third-order valence-corrected chi connectivity index (χ3v) is 6.47. The molecule has 0 fully saturated rings. The molecule has 0 aliphatic carbocycles. The van der Waals surface area contributed by atoms with Crippen LogP contribution in [-0.4, -0.2) is 15.2 Å². The number of hydrogen-bond acceptors (Lipinski definition) is 4. The van der Waals surface area contributed by atoms with Crippen molar-refractivity contribution < 1.29 is 13.4 Å². The number of thiazole rings is 1. The van der Waals surface area contributed by atoms with E-state index in [9.17, 15) is 13.4 Å². The maximum absolute atomic E-state index is 12.9. The maximum atomic E-state index is 12.9. The van der Waals surface area contributed by atoms with Gasteiger partial charge in [-0.25, -0.2) is 14.2 Å². The van der Waals surface area contributed by atoms with Crippen molar-refractivity contribution >= 4 is 56.5 Å². The Balaban J connectivity index is 1.52. The molecular weight excluding hydrogens is 444 g/mol. The summed E-state index contributed by atoms with van der Waals surface area (Å²) >= 11 is 13.0. The van der Waals surface area contributed by atoms with E-state index in [2.05, 4.69) is 15.6 Å². The Kier molecular flexibility index (Phi) is 7.01. The number of carbonyl (C=O) groups is 1. The summed E-state index contributed by atoms with van der Waals surface area (Å²) in [5.74, 6) is -0.206. The van der Waals surface area contributed by atoms with Crippen molar-refractivity contribution in [3.63, 3.8) is 0 Å². The van der Waals surface area contributed by atoms with Crippen LogP contribution >= 0.6 is 34.5 Å². The van der Waals surface area contributed by atoms with Crippen LogP contribution in [0.3, 0.4) is 0 Å². The molecule has 1 unspecified atom stereocenters. The lowest BCUT2D eigenvalue weighted by Crippen LogP contribution is -2.28. The number of urea groups is 1. The van der Waals surface area contributed by atoms with Gasteiger partial charge in [-0.05, 0) is 42.0 Å². The van der Waals surface area contributed by atoms with Crippen LogP contribution < -0.4 is 10.6 Å². The van der Waals surface area contributed by atoms with Crippen molar-refractivity contribution in [2.45, 2.75) is 17.2 Å². The highest BCUT2D eigenvalue weighted by molar-refractivity contribution is 7.84. The Morgan fingerprint density at radius 1 is 1.14 bits per heavy atom. The van der Waals surface area contributed by atoms with E-state index in [1.165, 1.54) is 35.6 Å². The highest BCUT2D eigenvalue weighted by Gasteiger charge is 2.11. The molecule has 1 aromatic heterocycles. The van der Waals surface area contributed by atoms with E-state index >= 15 is 0 Å². The summed E-state index contributed by atoms with van der Waals surface area (Å²) in [5.41, 5.74) is 1.38. The van der Waals surface area contributed by atoms with Crippen LogP contribution in [0.25, 0.3) is 0 Å². The second kappa shape index (κ2) is 9.47. The fraction of sp³-hybridized carbons (Fsp3) is 0.111. The smallest absolute Gasteiger partial charge is 0.321 e. The SMILES string of the molecule is O=C(NCc1ccc(Cl)c(Cl)c1)Nc1nc(CS(=O)c2ccc(F)cc2)cs1. The number of nitrogens with one attached hydrogen (secondary N) is 2. The Morgan fingerprint density at radius 2 is 1.89 bits per heavy atom. The van der Waals surface area contributed by atoms with Gasteiger partial charge in [-0.15, -0.1) is 11.3 Å². The molecule has 0 saturated heterocycles. The number of halogens is 3. The highest BCUT2D eigenvalue weighted by Crippen LogP contribution is 2.22. The zero-order chi connectivity index (χ0) is 20.1. The van der Waals surface area contributed by atoms with Crippen LogP contribution in [0.15, 0.2) is 52.7 Å². The third-order valence-electron chi connectivity index (χ3n) is 3.56. The van der Waals surface area contributed by atoms with Crippen molar-refractivity contribution in [3.8, 4) is 0 Å². The second-order valence-electron chi connectivity index (χ2n) is 5.64. The Morgan fingerprint density at radius 3 is 2.61 bits per heavy atom. The van der Waals surface area contributed by atoms with Gasteiger partial charge in [-0.2, -0.15) is 0 Å². The molecule has 0 spiro atoms. The molecule has 0 bridgehead atoms. The van der Waals surface area contributed by atoms with Crippen molar-refractivity contribution in [1.82, 2.24) is 10.3 Å². The normalized spacial score (nSPS) is 11.8. The van der Waals surface area contributed by atoms with E-state index in [1.807, 2.05) is 0 Å². The zero-order valence-electron chi connectivity index (χ0n) is 14.2. The van der Waals surface area contributed by atoms with E-state index in [4.69, 9.17) is 23.2 Å². The molecule has 2 N–H and O–H groups in total. The lowest BCUT2D eigenvalue weighted by atomic mass is 10.2. The van der Waals surface area contributed by atoms with Crippen molar-refractivity contribution in [3.05, 3.63) is 75.0 Å². The quantitative estimate of drug-likeness (QED) is 0.532. The second-order valence-corrected chi connectivity index (χ2v) is 8.77. The maximum Gasteiger partial charge on any atom is 0.321 e. The molecule has 0 saturated carbocycles. The average Bonchev–Trinajstić information content (AvgIpc) is 3.10. The van der Waals surface area contributed by atoms with E-state index in [0.29, 0.717) is 25.8 Å². The van der Waals surface area contributed by atoms with Gasteiger partial charge in [0, 0.05) is 16.8 Å². The molecule has 3 rings (SSSR count). The number of aromatic nitrogens is 1. The summed E-state index contributed by atoms with van der Waals surface area (Å²) in [5, 5.41) is 8.29. The summed E-state index contributed by atoms with van der Waals surface area (Å²) in [6, 6.07) is 10.2. The van der Waals surface area contributed by atoms with Crippen LogP contribution in [0.2, 0.25) is 10.0 Å². The first-order valence-electron chi connectivity index (χ1n) is 7.98. The molecule has 1 heterocycles. The van der Waals surface area contributed by atoms with Crippen LogP contribution in [0.1, 0.15) is 11.3 Å². The van der Waals surface area contributed by atoms with Crippen molar-refractivity contribution in [1.29, 1.82) is 0 Å². The molecule has 28 heavy (non-hydrogen) atoms. The highest BCUT2D eigenvalue weighted by atomic mass is 35.5. The Hall–Kier alpha value is -2.00. The predicted octanol–water partition coefficient (Wildman–Crippen LogP) is 5.22. The van der Waals surface area contributed by atoms with Gasteiger partial charge in [0.2, 0.25) is 0 Å². The minimum Gasteiger partial charge on any atom is -0.334 e. The molecule has 0 aliphatic heterocycles. The molecule has 3 aromatic rings. The fourth-order valence-corrected chi connectivity index (χ4v) is 4.36. The molecule has 1 atom stereocenters. The zero-order valence-corrected chi connectivity index (χ0v) is 17.4. The number of nitrogens with zero attached hydrogens (tertiary/aromatic N) is 1. The lowest BCUT2D eigenvalue weighted by molar-refractivity contribution is 0.251. The first kappa shape index (κ1) is 20.7. The van der Waals surface area contributed by atoms with E-state index in [0.717, 1.165) is 5.56 Å². The van der Waals surface area contributed by atoms with E-state index in [1.54, 1.807) is 23.6 Å². The standard InChI is InChI=1S/C18H14Cl2FN3O2S2/c19-15-6-1-11(7-16(15)20)8-22-17(25)24-18-23-13(9-27-18)10-28(26)14-4-2-12(21)3-5-14/h1-7,9H,8,10H2,(H2,22,23,24,25). The molecule has 146 valence electrons. The van der Waals surface area contributed by atoms with Gasteiger partial charge in [-0.1, -0.05) is 29.3 Å². The first-order chi connectivity index (χ1) is 13.4. The van der Waals surface area contributed by atoms with Gasteiger partial charge in [0.05, 0.1) is 32.3 Å². The largest absolute Gasteiger partial charge is 0.334 e. The number of carbonyl (C=O) groups excluding carboxylic acids is 1. The number of hydrogen-bond donors (Lipinski definition) is 2. The summed E-state index contributed by atoms with van der Waals surface area (Å²) in [6.07, 6.45) is 0. The fourth-order valence-electron chi connectivity index (χ4n) is 2.21. The first-order valence-corrected chi connectivity index (χ1v) is 10.9. The third kappa shape index (κ3) is 5.75. The van der Waals surface area contributed by atoms with Gasteiger partial charge < -0.3 is 5.32 Å². The Bertz CT molecular complexity index is 1010. The molecule has 2 aromatic carbocycles. The minimum atomic E-state index is -1.35. The molecule has 10 heteroatoms. The van der Waals surface area contributed by atoms with Gasteiger partial charge in [-0.3, -0.25) is 9.53 Å². The monoisotopic (exact) mass is 457 g/mol. The average molecular weight is 458 g/mol. The predicted molar refractivity (Wildman–Crippen MR) is 111 cm³/mol. The number of amides is 2. The minimum absolute atomic E-state index is 0.175. The number of rotatable bonds is 6. The number of benzene rings is 2. The van der Waals surface area contributed by atoms with Crippen LogP contribution in [0, 0.1) is 5.82 Å². The molecule has 0 aliphatic rings. The molecular formula is C18H14Cl2FN3O2S2. The van der Waals surface area contributed by atoms with Gasteiger partial charge in [0.25, 0.3) is 0 Å². The summed E-state index contributed by atoms with van der Waals surface area (Å²) in [4.78, 5) is 16.8. The topological polar surface area (TPSA) is 71.1 Å². The van der Waals surface area contributed by atoms with Gasteiger partial charge in [0.1, 0.15) is 5.82 Å². The number of anilines is 1. The van der Waals surface area contributed by atoms with Crippen LogP contribution in [0.4, 0.5) is 14.3 Å². The van der Waals surface area contributed by atoms with E-state index < -0.39 is 16.8 Å².